The summed E-state index contributed by atoms with van der Waals surface area (Å²) in [4.78, 5) is 2.44. The van der Waals surface area contributed by atoms with Crippen molar-refractivity contribution in [3.63, 3.8) is 0 Å². The normalized spacial score (nSPS) is 27.0. The Kier molecular flexibility index (Phi) is 2.39. The molecule has 2 fully saturated rings. The molecule has 3 rings (SSSR count). The van der Waals surface area contributed by atoms with Crippen molar-refractivity contribution in [1.82, 2.24) is 10.2 Å². The van der Waals surface area contributed by atoms with Gasteiger partial charge in [0, 0.05) is 18.5 Å². The van der Waals surface area contributed by atoms with Gasteiger partial charge in [0.05, 0.1) is 0 Å². The van der Waals surface area contributed by atoms with Gasteiger partial charge in [0.1, 0.15) is 5.01 Å². The summed E-state index contributed by atoms with van der Waals surface area (Å²) in [5, 5.41) is 11.1. The number of hydrogen-bond acceptors (Lipinski definition) is 4. The topological polar surface area (TPSA) is 29.0 Å². The van der Waals surface area contributed by atoms with Crippen molar-refractivity contribution in [1.29, 1.82) is 0 Å². The number of aromatic nitrogens is 2. The average molecular weight is 223 g/mol. The quantitative estimate of drug-likeness (QED) is 0.772. The van der Waals surface area contributed by atoms with Crippen molar-refractivity contribution >= 4 is 16.5 Å². The summed E-state index contributed by atoms with van der Waals surface area (Å²) in [7, 11) is 0. The fourth-order valence-corrected chi connectivity index (χ4v) is 3.36. The maximum Gasteiger partial charge on any atom is 0.208 e. The summed E-state index contributed by atoms with van der Waals surface area (Å²) in [6.07, 6.45) is 6.63. The third-order valence-corrected chi connectivity index (χ3v) is 4.53. The molecule has 4 heteroatoms. The third kappa shape index (κ3) is 1.87. The van der Waals surface area contributed by atoms with Gasteiger partial charge in [0.2, 0.25) is 5.13 Å². The zero-order valence-corrected chi connectivity index (χ0v) is 9.96. The van der Waals surface area contributed by atoms with Crippen LogP contribution in [0.2, 0.25) is 0 Å². The second kappa shape index (κ2) is 3.74. The summed E-state index contributed by atoms with van der Waals surface area (Å²) < 4.78 is 0. The van der Waals surface area contributed by atoms with Crippen LogP contribution in [0.4, 0.5) is 5.13 Å². The molecule has 1 saturated carbocycles. The zero-order chi connectivity index (χ0) is 10.3. The largest absolute Gasteiger partial charge is 0.344 e. The number of piperidine rings is 1. The van der Waals surface area contributed by atoms with Crippen LogP contribution in [0.3, 0.4) is 0 Å². The van der Waals surface area contributed by atoms with Gasteiger partial charge in [-0.15, -0.1) is 10.2 Å². The molecule has 82 valence electrons. The highest BCUT2D eigenvalue weighted by Gasteiger charge is 2.29. The van der Waals surface area contributed by atoms with Gasteiger partial charge in [-0.1, -0.05) is 11.3 Å². The van der Waals surface area contributed by atoms with Gasteiger partial charge >= 0.3 is 0 Å². The predicted molar refractivity (Wildman–Crippen MR) is 62.5 cm³/mol. The first kappa shape index (κ1) is 9.58. The van der Waals surface area contributed by atoms with Crippen molar-refractivity contribution in [2.75, 3.05) is 11.4 Å². The molecule has 0 radical (unpaired) electrons. The molecule has 15 heavy (non-hydrogen) atoms. The molecule has 1 aromatic heterocycles. The van der Waals surface area contributed by atoms with E-state index in [0.717, 1.165) is 11.0 Å². The average Bonchev–Trinajstić information content (AvgIpc) is 2.99. The predicted octanol–water partition coefficient (Wildman–Crippen LogP) is 2.79. The van der Waals surface area contributed by atoms with E-state index in [1.54, 1.807) is 0 Å². The lowest BCUT2D eigenvalue weighted by molar-refractivity contribution is 0.483. The standard InChI is InChI=1S/C11H17N3S/c1-8-4-2-3-7-14(8)11-13-12-10(15-11)9-5-6-9/h8-9H,2-7H2,1H3. The van der Waals surface area contributed by atoms with Crippen LogP contribution < -0.4 is 4.90 Å². The summed E-state index contributed by atoms with van der Waals surface area (Å²) >= 11 is 1.82. The van der Waals surface area contributed by atoms with Crippen LogP contribution in [0.15, 0.2) is 0 Å². The Morgan fingerprint density at radius 3 is 2.80 bits per heavy atom. The number of anilines is 1. The fraction of sp³-hybridized carbons (Fsp3) is 0.818. The fourth-order valence-electron chi connectivity index (χ4n) is 2.22. The maximum absolute atomic E-state index is 4.35. The SMILES string of the molecule is CC1CCCCN1c1nnc(C2CC2)s1. The van der Waals surface area contributed by atoms with Crippen LogP contribution in [-0.2, 0) is 0 Å². The molecule has 2 aliphatic rings. The summed E-state index contributed by atoms with van der Waals surface area (Å²) in [6, 6.07) is 0.652. The first-order valence-electron chi connectivity index (χ1n) is 5.94. The van der Waals surface area contributed by atoms with E-state index >= 15 is 0 Å². The molecule has 0 N–H and O–H groups in total. The summed E-state index contributed by atoms with van der Waals surface area (Å²) in [5.41, 5.74) is 0. The van der Waals surface area contributed by atoms with E-state index in [-0.39, 0.29) is 0 Å². The van der Waals surface area contributed by atoms with Gasteiger partial charge in [-0.25, -0.2) is 0 Å². The van der Waals surface area contributed by atoms with E-state index in [1.807, 2.05) is 11.3 Å². The second-order valence-corrected chi connectivity index (χ2v) is 5.72. The van der Waals surface area contributed by atoms with Crippen LogP contribution >= 0.6 is 11.3 Å². The molecule has 1 unspecified atom stereocenters. The Labute approximate surface area is 94.5 Å². The minimum absolute atomic E-state index is 0.652. The Balaban J connectivity index is 1.78. The molecule has 1 atom stereocenters. The minimum atomic E-state index is 0.652. The summed E-state index contributed by atoms with van der Waals surface area (Å²) in [6.45, 7) is 3.47. The Morgan fingerprint density at radius 2 is 2.07 bits per heavy atom. The lowest BCUT2D eigenvalue weighted by Gasteiger charge is -2.32. The molecular formula is C11H17N3S. The van der Waals surface area contributed by atoms with Crippen LogP contribution in [0, 0.1) is 0 Å². The molecule has 1 saturated heterocycles. The first-order valence-corrected chi connectivity index (χ1v) is 6.76. The smallest absolute Gasteiger partial charge is 0.208 e. The van der Waals surface area contributed by atoms with Crippen LogP contribution in [0.25, 0.3) is 0 Å². The van der Waals surface area contributed by atoms with Crippen molar-refractivity contribution in [3.8, 4) is 0 Å². The minimum Gasteiger partial charge on any atom is -0.344 e. The van der Waals surface area contributed by atoms with Crippen LogP contribution in [0.1, 0.15) is 50.0 Å². The maximum atomic E-state index is 4.35. The lowest BCUT2D eigenvalue weighted by Crippen LogP contribution is -2.37. The molecule has 0 bridgehead atoms. The number of hydrogen-bond donors (Lipinski definition) is 0. The molecule has 1 aliphatic heterocycles. The lowest BCUT2D eigenvalue weighted by atomic mass is 10.1. The molecule has 3 nitrogen and oxygen atoms in total. The van der Waals surface area contributed by atoms with E-state index in [4.69, 9.17) is 0 Å². The van der Waals surface area contributed by atoms with Crippen molar-refractivity contribution in [2.45, 2.75) is 51.0 Å². The Bertz CT molecular complexity index is 345. The summed E-state index contributed by atoms with van der Waals surface area (Å²) in [5.74, 6) is 0.747. The van der Waals surface area contributed by atoms with E-state index < -0.39 is 0 Å². The molecule has 0 spiro atoms. The Hall–Kier alpha value is -0.640. The molecule has 2 heterocycles. The van der Waals surface area contributed by atoms with Gasteiger partial charge in [0.25, 0.3) is 0 Å². The highest BCUT2D eigenvalue weighted by Crippen LogP contribution is 2.43. The van der Waals surface area contributed by atoms with Crippen molar-refractivity contribution in [2.24, 2.45) is 0 Å². The van der Waals surface area contributed by atoms with Crippen molar-refractivity contribution < 1.29 is 0 Å². The van der Waals surface area contributed by atoms with E-state index in [9.17, 15) is 0 Å². The van der Waals surface area contributed by atoms with Crippen LogP contribution in [-0.4, -0.2) is 22.8 Å². The van der Waals surface area contributed by atoms with E-state index in [1.165, 1.54) is 43.7 Å². The van der Waals surface area contributed by atoms with Gasteiger partial charge < -0.3 is 4.90 Å². The zero-order valence-electron chi connectivity index (χ0n) is 9.15. The van der Waals surface area contributed by atoms with Gasteiger partial charge in [-0.2, -0.15) is 0 Å². The van der Waals surface area contributed by atoms with Crippen molar-refractivity contribution in [3.05, 3.63) is 5.01 Å². The van der Waals surface area contributed by atoms with E-state index in [2.05, 4.69) is 22.0 Å². The highest BCUT2D eigenvalue weighted by atomic mass is 32.1. The van der Waals surface area contributed by atoms with Gasteiger partial charge in [-0.05, 0) is 39.0 Å². The second-order valence-electron chi connectivity index (χ2n) is 4.74. The Morgan fingerprint density at radius 1 is 1.20 bits per heavy atom. The van der Waals surface area contributed by atoms with Crippen LogP contribution in [0.5, 0.6) is 0 Å². The van der Waals surface area contributed by atoms with Gasteiger partial charge in [-0.3, -0.25) is 0 Å². The third-order valence-electron chi connectivity index (χ3n) is 3.41. The highest BCUT2D eigenvalue weighted by molar-refractivity contribution is 7.15. The first-order chi connectivity index (χ1) is 7.34. The molecular weight excluding hydrogens is 206 g/mol. The molecule has 0 amide bonds. The van der Waals surface area contributed by atoms with E-state index in [0.29, 0.717) is 6.04 Å². The molecule has 0 aromatic carbocycles. The number of rotatable bonds is 2. The van der Waals surface area contributed by atoms with Gasteiger partial charge in [0.15, 0.2) is 0 Å². The number of nitrogens with zero attached hydrogens (tertiary/aromatic N) is 3. The molecule has 1 aliphatic carbocycles. The monoisotopic (exact) mass is 223 g/mol. The molecule has 1 aromatic rings.